The lowest BCUT2D eigenvalue weighted by atomic mass is 10.1. The highest BCUT2D eigenvalue weighted by molar-refractivity contribution is 9.10. The van der Waals surface area contributed by atoms with Gasteiger partial charge < -0.3 is 4.90 Å². The molecule has 4 aromatic rings. The van der Waals surface area contributed by atoms with E-state index >= 15 is 0 Å². The van der Waals surface area contributed by atoms with Crippen molar-refractivity contribution in [3.05, 3.63) is 53.0 Å². The van der Waals surface area contributed by atoms with Crippen LogP contribution >= 0.6 is 15.9 Å². The number of benzene rings is 2. The third-order valence-corrected chi connectivity index (χ3v) is 4.89. The van der Waals surface area contributed by atoms with E-state index in [2.05, 4.69) is 57.1 Å². The predicted octanol–water partition coefficient (Wildman–Crippen LogP) is 4.55. The Morgan fingerprint density at radius 3 is 2.60 bits per heavy atom. The highest BCUT2D eigenvalue weighted by Gasteiger charge is 2.17. The molecule has 2 heterocycles. The quantitative estimate of drug-likeness (QED) is 0.508. The molecule has 0 bridgehead atoms. The van der Waals surface area contributed by atoms with Crippen molar-refractivity contribution in [3.8, 4) is 11.3 Å². The van der Waals surface area contributed by atoms with Crippen molar-refractivity contribution in [3.63, 3.8) is 0 Å². The van der Waals surface area contributed by atoms with E-state index in [4.69, 9.17) is 4.98 Å². The highest BCUT2D eigenvalue weighted by Crippen LogP contribution is 2.30. The van der Waals surface area contributed by atoms with E-state index in [1.807, 2.05) is 40.9 Å². The molecule has 2 aromatic carbocycles. The number of para-hydroxylation sites is 1. The Balaban J connectivity index is 2.06. The highest BCUT2D eigenvalue weighted by atomic mass is 79.9. The summed E-state index contributed by atoms with van der Waals surface area (Å²) >= 11 is 3.53. The first-order chi connectivity index (χ1) is 12.2. The molecule has 0 unspecified atom stereocenters. The molecule has 25 heavy (non-hydrogen) atoms. The molecule has 4 rings (SSSR count). The molecule has 0 N–H and O–H groups in total. The first-order valence-electron chi connectivity index (χ1n) is 8.38. The fourth-order valence-corrected chi connectivity index (χ4v) is 3.53. The average molecular weight is 396 g/mol. The van der Waals surface area contributed by atoms with E-state index in [9.17, 15) is 0 Å². The van der Waals surface area contributed by atoms with E-state index in [1.54, 1.807) is 0 Å². The molecule has 0 amide bonds. The van der Waals surface area contributed by atoms with Gasteiger partial charge in [-0.2, -0.15) is 4.52 Å². The number of hydrogen-bond donors (Lipinski definition) is 0. The number of rotatable bonds is 4. The smallest absolute Gasteiger partial charge is 0.186 e. The first kappa shape index (κ1) is 16.0. The lowest BCUT2D eigenvalue weighted by Crippen LogP contribution is -2.23. The van der Waals surface area contributed by atoms with Crippen LogP contribution in [0, 0.1) is 0 Å². The summed E-state index contributed by atoms with van der Waals surface area (Å²) in [5, 5.41) is 9.88. The van der Waals surface area contributed by atoms with E-state index in [0.29, 0.717) is 0 Å². The summed E-state index contributed by atoms with van der Waals surface area (Å²) < 4.78 is 2.84. The molecule has 5 nitrogen and oxygen atoms in total. The van der Waals surface area contributed by atoms with Crippen LogP contribution < -0.4 is 4.90 Å². The fraction of sp³-hybridized carbons (Fsp3) is 0.211. The van der Waals surface area contributed by atoms with Crippen LogP contribution in [-0.4, -0.2) is 32.9 Å². The largest absolute Gasteiger partial charge is 0.357 e. The van der Waals surface area contributed by atoms with Gasteiger partial charge in [0, 0.05) is 28.5 Å². The maximum Gasteiger partial charge on any atom is 0.186 e. The fourth-order valence-electron chi connectivity index (χ4n) is 3.13. The third-order valence-electron chi connectivity index (χ3n) is 4.39. The summed E-state index contributed by atoms with van der Waals surface area (Å²) in [6.45, 7) is 6.09. The molecule has 0 aliphatic rings. The van der Waals surface area contributed by atoms with Crippen LogP contribution in [-0.2, 0) is 0 Å². The molecule has 2 aromatic heterocycles. The first-order valence-corrected chi connectivity index (χ1v) is 9.17. The zero-order valence-corrected chi connectivity index (χ0v) is 15.7. The lowest BCUT2D eigenvalue weighted by Gasteiger charge is -2.21. The Hall–Kier alpha value is -2.47. The molecular formula is C19H18BrN5. The van der Waals surface area contributed by atoms with Gasteiger partial charge in [-0.1, -0.05) is 45.4 Å². The minimum absolute atomic E-state index is 0.777. The van der Waals surface area contributed by atoms with E-state index in [0.717, 1.165) is 51.2 Å². The Labute approximate surface area is 154 Å². The minimum Gasteiger partial charge on any atom is -0.357 e. The standard InChI is InChI=1S/C19H18BrN5/c1-3-24(4-2)18-15-10-5-6-11-16(15)25-19(21-18)17(22-23-25)13-8-7-9-14(20)12-13/h5-12H,3-4H2,1-2H3. The second-order valence-corrected chi connectivity index (χ2v) is 6.72. The number of hydrogen-bond acceptors (Lipinski definition) is 4. The van der Waals surface area contributed by atoms with Crippen molar-refractivity contribution in [1.82, 2.24) is 19.8 Å². The number of aromatic nitrogens is 4. The molecular weight excluding hydrogens is 378 g/mol. The Kier molecular flexibility index (Phi) is 4.13. The van der Waals surface area contributed by atoms with Crippen LogP contribution in [0.25, 0.3) is 27.8 Å². The van der Waals surface area contributed by atoms with Crippen LogP contribution in [0.1, 0.15) is 13.8 Å². The summed E-state index contributed by atoms with van der Waals surface area (Å²) in [4.78, 5) is 7.22. The summed E-state index contributed by atoms with van der Waals surface area (Å²) in [7, 11) is 0. The molecule has 0 aliphatic carbocycles. The molecule has 0 spiro atoms. The minimum atomic E-state index is 0.777. The van der Waals surface area contributed by atoms with Gasteiger partial charge in [-0.3, -0.25) is 0 Å². The van der Waals surface area contributed by atoms with Crippen LogP contribution in [0.3, 0.4) is 0 Å². The molecule has 0 saturated carbocycles. The molecule has 126 valence electrons. The maximum absolute atomic E-state index is 4.96. The Morgan fingerprint density at radius 1 is 1.04 bits per heavy atom. The van der Waals surface area contributed by atoms with Gasteiger partial charge in [-0.05, 0) is 38.1 Å². The van der Waals surface area contributed by atoms with E-state index in [1.165, 1.54) is 0 Å². The second-order valence-electron chi connectivity index (χ2n) is 5.81. The van der Waals surface area contributed by atoms with Gasteiger partial charge in [0.25, 0.3) is 0 Å². The number of fused-ring (bicyclic) bond motifs is 3. The average Bonchev–Trinajstić information content (AvgIpc) is 3.07. The Morgan fingerprint density at radius 2 is 1.84 bits per heavy atom. The predicted molar refractivity (Wildman–Crippen MR) is 105 cm³/mol. The number of halogens is 1. The van der Waals surface area contributed by atoms with Crippen LogP contribution in [0.4, 0.5) is 5.82 Å². The molecule has 0 saturated heterocycles. The second kappa shape index (κ2) is 6.44. The molecule has 0 fully saturated rings. The van der Waals surface area contributed by atoms with Crippen molar-refractivity contribution in [1.29, 1.82) is 0 Å². The zero-order chi connectivity index (χ0) is 17.4. The van der Waals surface area contributed by atoms with Gasteiger partial charge in [-0.25, -0.2) is 4.98 Å². The van der Waals surface area contributed by atoms with Gasteiger partial charge >= 0.3 is 0 Å². The van der Waals surface area contributed by atoms with Crippen molar-refractivity contribution >= 4 is 38.3 Å². The SMILES string of the molecule is CCN(CC)c1nc2c(-c3cccc(Br)c3)nnn2c2ccccc12. The molecule has 0 aliphatic heterocycles. The van der Waals surface area contributed by atoms with Crippen LogP contribution in [0.5, 0.6) is 0 Å². The number of nitrogens with zero attached hydrogens (tertiary/aromatic N) is 5. The third kappa shape index (κ3) is 2.66. The van der Waals surface area contributed by atoms with Crippen LogP contribution in [0.2, 0.25) is 0 Å². The summed E-state index contributed by atoms with van der Waals surface area (Å²) in [6, 6.07) is 16.3. The lowest BCUT2D eigenvalue weighted by molar-refractivity contribution is 0.840. The van der Waals surface area contributed by atoms with Crippen molar-refractivity contribution < 1.29 is 0 Å². The normalized spacial score (nSPS) is 11.3. The van der Waals surface area contributed by atoms with E-state index < -0.39 is 0 Å². The molecule has 6 heteroatoms. The molecule has 0 radical (unpaired) electrons. The van der Waals surface area contributed by atoms with Gasteiger partial charge in [0.05, 0.1) is 5.52 Å². The van der Waals surface area contributed by atoms with Crippen molar-refractivity contribution in [2.45, 2.75) is 13.8 Å². The monoisotopic (exact) mass is 395 g/mol. The number of anilines is 1. The summed E-state index contributed by atoms with van der Waals surface area (Å²) in [5.41, 5.74) is 3.58. The van der Waals surface area contributed by atoms with Gasteiger partial charge in [0.1, 0.15) is 11.5 Å². The topological polar surface area (TPSA) is 46.3 Å². The van der Waals surface area contributed by atoms with Gasteiger partial charge in [0.2, 0.25) is 0 Å². The van der Waals surface area contributed by atoms with Gasteiger partial charge in [-0.15, -0.1) is 5.10 Å². The maximum atomic E-state index is 4.96. The van der Waals surface area contributed by atoms with Crippen LogP contribution in [0.15, 0.2) is 53.0 Å². The van der Waals surface area contributed by atoms with Crippen molar-refractivity contribution in [2.24, 2.45) is 0 Å². The van der Waals surface area contributed by atoms with Gasteiger partial charge in [0.15, 0.2) is 5.65 Å². The zero-order valence-electron chi connectivity index (χ0n) is 14.1. The Bertz CT molecular complexity index is 1050. The van der Waals surface area contributed by atoms with Crippen molar-refractivity contribution in [2.75, 3.05) is 18.0 Å². The molecule has 0 atom stereocenters. The summed E-state index contributed by atoms with van der Waals surface area (Å²) in [5.74, 6) is 0.978. The van der Waals surface area contributed by atoms with E-state index in [-0.39, 0.29) is 0 Å². The summed E-state index contributed by atoms with van der Waals surface area (Å²) in [6.07, 6.45) is 0.